The van der Waals surface area contributed by atoms with Crippen LogP contribution in [0.2, 0.25) is 0 Å². The highest BCUT2D eigenvalue weighted by Crippen LogP contribution is 2.31. The Morgan fingerprint density at radius 2 is 2.19 bits per heavy atom. The summed E-state index contributed by atoms with van der Waals surface area (Å²) in [4.78, 5) is 11.9. The largest absolute Gasteiger partial charge is 0.497 e. The Morgan fingerprint density at radius 1 is 1.38 bits per heavy atom. The van der Waals surface area contributed by atoms with Crippen LogP contribution in [-0.2, 0) is 4.79 Å². The number of amides is 1. The van der Waals surface area contributed by atoms with Crippen LogP contribution in [-0.4, -0.2) is 53.2 Å². The molecular weight excluding hydrogens is 350 g/mol. The summed E-state index contributed by atoms with van der Waals surface area (Å²) in [7, 11) is 1.66. The van der Waals surface area contributed by atoms with E-state index >= 15 is 0 Å². The molecular formula is C18H25N5O2S. The standard InChI is InChI=1S/C18H25N5O2S/c1-3-20-16(24)12-26-18-22-21-17(13-7-9-19-10-8-13)23(18)14-5-4-6-15(11-14)25-2/h4-6,11,13,19H,3,7-10,12H2,1-2H3,(H,20,24). The Kier molecular flexibility index (Phi) is 6.51. The van der Waals surface area contributed by atoms with Crippen LogP contribution in [0, 0.1) is 0 Å². The van der Waals surface area contributed by atoms with Crippen LogP contribution in [0.25, 0.3) is 5.69 Å². The van der Waals surface area contributed by atoms with Gasteiger partial charge >= 0.3 is 0 Å². The quantitative estimate of drug-likeness (QED) is 0.720. The molecule has 3 rings (SSSR count). The van der Waals surface area contributed by atoms with E-state index in [1.54, 1.807) is 7.11 Å². The summed E-state index contributed by atoms with van der Waals surface area (Å²) in [5, 5.41) is 15.8. The molecule has 1 fully saturated rings. The van der Waals surface area contributed by atoms with E-state index in [1.165, 1.54) is 11.8 Å². The maximum atomic E-state index is 11.9. The van der Waals surface area contributed by atoms with Crippen LogP contribution in [0.5, 0.6) is 5.75 Å². The fourth-order valence-electron chi connectivity index (χ4n) is 3.09. The van der Waals surface area contributed by atoms with Crippen LogP contribution in [0.3, 0.4) is 0 Å². The van der Waals surface area contributed by atoms with Crippen LogP contribution < -0.4 is 15.4 Å². The average molecular weight is 375 g/mol. The number of benzene rings is 1. The molecule has 2 heterocycles. The molecule has 2 aromatic rings. The molecule has 1 aliphatic rings. The van der Waals surface area contributed by atoms with Gasteiger partial charge in [-0.3, -0.25) is 9.36 Å². The molecule has 26 heavy (non-hydrogen) atoms. The second kappa shape index (κ2) is 9.05. The average Bonchev–Trinajstić information content (AvgIpc) is 3.11. The van der Waals surface area contributed by atoms with Crippen LogP contribution in [0.4, 0.5) is 0 Å². The number of thioether (sulfide) groups is 1. The summed E-state index contributed by atoms with van der Waals surface area (Å²) >= 11 is 1.41. The first-order valence-corrected chi connectivity index (χ1v) is 9.91. The van der Waals surface area contributed by atoms with Crippen molar-refractivity contribution in [2.75, 3.05) is 32.5 Å². The minimum Gasteiger partial charge on any atom is -0.497 e. The van der Waals surface area contributed by atoms with Gasteiger partial charge in [0.2, 0.25) is 5.91 Å². The van der Waals surface area contributed by atoms with Gasteiger partial charge < -0.3 is 15.4 Å². The third-order valence-electron chi connectivity index (χ3n) is 4.38. The molecule has 1 amide bonds. The van der Waals surface area contributed by atoms with Crippen molar-refractivity contribution < 1.29 is 9.53 Å². The van der Waals surface area contributed by atoms with Gasteiger partial charge in [0.15, 0.2) is 5.16 Å². The van der Waals surface area contributed by atoms with Gasteiger partial charge in [-0.1, -0.05) is 17.8 Å². The summed E-state index contributed by atoms with van der Waals surface area (Å²) in [5.41, 5.74) is 0.960. The second-order valence-electron chi connectivity index (χ2n) is 6.14. The van der Waals surface area contributed by atoms with Crippen molar-refractivity contribution in [1.29, 1.82) is 0 Å². The van der Waals surface area contributed by atoms with Crippen molar-refractivity contribution in [2.45, 2.75) is 30.8 Å². The maximum absolute atomic E-state index is 11.9. The van der Waals surface area contributed by atoms with E-state index in [2.05, 4.69) is 25.4 Å². The minimum absolute atomic E-state index is 0.00103. The number of carbonyl (C=O) groups excluding carboxylic acids is 1. The number of ether oxygens (including phenoxy) is 1. The molecule has 0 aliphatic carbocycles. The number of nitrogens with one attached hydrogen (secondary N) is 2. The van der Waals surface area contributed by atoms with Gasteiger partial charge in [-0.2, -0.15) is 0 Å². The predicted molar refractivity (Wildman–Crippen MR) is 102 cm³/mol. The highest BCUT2D eigenvalue weighted by molar-refractivity contribution is 7.99. The number of aromatic nitrogens is 3. The molecule has 0 saturated carbocycles. The van der Waals surface area contributed by atoms with Crippen LogP contribution in [0.15, 0.2) is 29.4 Å². The third-order valence-corrected chi connectivity index (χ3v) is 5.31. The van der Waals surface area contributed by atoms with Crippen molar-refractivity contribution in [3.63, 3.8) is 0 Å². The van der Waals surface area contributed by atoms with Gasteiger partial charge in [-0.05, 0) is 45.0 Å². The number of piperidine rings is 1. The van der Waals surface area contributed by atoms with Gasteiger partial charge in [-0.15, -0.1) is 10.2 Å². The number of hydrogen-bond donors (Lipinski definition) is 2. The summed E-state index contributed by atoms with van der Waals surface area (Å²) in [6.07, 6.45) is 2.06. The highest BCUT2D eigenvalue weighted by atomic mass is 32.2. The fourth-order valence-corrected chi connectivity index (χ4v) is 3.88. The number of rotatable bonds is 7. The van der Waals surface area contributed by atoms with E-state index < -0.39 is 0 Å². The second-order valence-corrected chi connectivity index (χ2v) is 7.09. The van der Waals surface area contributed by atoms with Crippen molar-refractivity contribution in [1.82, 2.24) is 25.4 Å². The molecule has 0 unspecified atom stereocenters. The van der Waals surface area contributed by atoms with E-state index in [1.807, 2.05) is 31.2 Å². The molecule has 1 aliphatic heterocycles. The molecule has 2 N–H and O–H groups in total. The highest BCUT2D eigenvalue weighted by Gasteiger charge is 2.24. The molecule has 140 valence electrons. The van der Waals surface area contributed by atoms with E-state index in [0.717, 1.165) is 48.3 Å². The summed E-state index contributed by atoms with van der Waals surface area (Å²) in [5.74, 6) is 2.42. The summed E-state index contributed by atoms with van der Waals surface area (Å²) in [6, 6.07) is 7.87. The SMILES string of the molecule is CCNC(=O)CSc1nnc(C2CCNCC2)n1-c1cccc(OC)c1. The zero-order valence-corrected chi connectivity index (χ0v) is 16.0. The van der Waals surface area contributed by atoms with Crippen molar-refractivity contribution in [3.05, 3.63) is 30.1 Å². The number of nitrogens with zero attached hydrogens (tertiary/aromatic N) is 3. The first-order chi connectivity index (χ1) is 12.7. The van der Waals surface area contributed by atoms with E-state index in [-0.39, 0.29) is 5.91 Å². The van der Waals surface area contributed by atoms with Gasteiger partial charge in [0.05, 0.1) is 18.6 Å². The lowest BCUT2D eigenvalue weighted by atomic mass is 9.97. The molecule has 7 nitrogen and oxygen atoms in total. The normalized spacial score (nSPS) is 15.0. The lowest BCUT2D eigenvalue weighted by Gasteiger charge is -2.23. The fraction of sp³-hybridized carbons (Fsp3) is 0.500. The zero-order valence-electron chi connectivity index (χ0n) is 15.2. The number of hydrogen-bond acceptors (Lipinski definition) is 6. The number of carbonyl (C=O) groups is 1. The van der Waals surface area contributed by atoms with E-state index in [4.69, 9.17) is 4.74 Å². The Bertz CT molecular complexity index is 743. The zero-order chi connectivity index (χ0) is 18.4. The monoisotopic (exact) mass is 375 g/mol. The van der Waals surface area contributed by atoms with Crippen molar-refractivity contribution in [2.24, 2.45) is 0 Å². The Morgan fingerprint density at radius 3 is 2.92 bits per heavy atom. The molecule has 1 aromatic heterocycles. The summed E-state index contributed by atoms with van der Waals surface area (Å²) in [6.45, 7) is 4.51. The van der Waals surface area contributed by atoms with Crippen molar-refractivity contribution in [3.8, 4) is 11.4 Å². The topological polar surface area (TPSA) is 81.1 Å². The van der Waals surface area contributed by atoms with Gasteiger partial charge in [-0.25, -0.2) is 0 Å². The molecule has 1 saturated heterocycles. The van der Waals surface area contributed by atoms with Crippen LogP contribution >= 0.6 is 11.8 Å². The smallest absolute Gasteiger partial charge is 0.230 e. The molecule has 0 atom stereocenters. The lowest BCUT2D eigenvalue weighted by Crippen LogP contribution is -2.28. The number of methoxy groups -OCH3 is 1. The first-order valence-electron chi connectivity index (χ1n) is 8.93. The third kappa shape index (κ3) is 4.37. The molecule has 0 bridgehead atoms. The van der Waals surface area contributed by atoms with E-state index in [9.17, 15) is 4.79 Å². The molecule has 1 aromatic carbocycles. The van der Waals surface area contributed by atoms with Crippen molar-refractivity contribution >= 4 is 17.7 Å². The van der Waals surface area contributed by atoms with Crippen LogP contribution in [0.1, 0.15) is 31.5 Å². The van der Waals surface area contributed by atoms with Gasteiger partial charge in [0.1, 0.15) is 11.6 Å². The van der Waals surface area contributed by atoms with Gasteiger partial charge in [0.25, 0.3) is 0 Å². The Hall–Kier alpha value is -2.06. The maximum Gasteiger partial charge on any atom is 0.230 e. The lowest BCUT2D eigenvalue weighted by molar-refractivity contribution is -0.118. The van der Waals surface area contributed by atoms with E-state index in [0.29, 0.717) is 18.2 Å². The Balaban J connectivity index is 1.93. The summed E-state index contributed by atoms with van der Waals surface area (Å²) < 4.78 is 7.45. The Labute approximate surface area is 157 Å². The minimum atomic E-state index is 0.00103. The molecule has 8 heteroatoms. The van der Waals surface area contributed by atoms with Gasteiger partial charge in [0, 0.05) is 18.5 Å². The first kappa shape index (κ1) is 18.7. The molecule has 0 spiro atoms. The predicted octanol–water partition coefficient (Wildman–Crippen LogP) is 1.97. The molecule has 0 radical (unpaired) electrons.